The van der Waals surface area contributed by atoms with E-state index in [0.29, 0.717) is 17.3 Å². The van der Waals surface area contributed by atoms with Gasteiger partial charge in [-0.15, -0.1) is 0 Å². The van der Waals surface area contributed by atoms with E-state index in [4.69, 9.17) is 16.3 Å². The number of hydrogen-bond donors (Lipinski definition) is 2. The predicted octanol–water partition coefficient (Wildman–Crippen LogP) is 3.68. The van der Waals surface area contributed by atoms with Gasteiger partial charge in [0.15, 0.2) is 0 Å². The summed E-state index contributed by atoms with van der Waals surface area (Å²) in [4.78, 5) is 23.9. The molecule has 8 heteroatoms. The van der Waals surface area contributed by atoms with E-state index in [0.717, 1.165) is 16.8 Å². The number of rotatable bonds is 7. The van der Waals surface area contributed by atoms with Crippen LogP contribution in [0, 0.1) is 0 Å². The zero-order chi connectivity index (χ0) is 20.6. The van der Waals surface area contributed by atoms with Crippen molar-refractivity contribution in [3.05, 3.63) is 82.6 Å². The van der Waals surface area contributed by atoms with Crippen molar-refractivity contribution in [1.29, 1.82) is 0 Å². The highest BCUT2D eigenvalue weighted by Crippen LogP contribution is 2.12. The third-order valence-electron chi connectivity index (χ3n) is 4.08. The Kier molecular flexibility index (Phi) is 6.86. The first kappa shape index (κ1) is 20.4. The average molecular weight is 413 g/mol. The number of aromatic nitrogens is 2. The lowest BCUT2D eigenvalue weighted by Crippen LogP contribution is -2.24. The van der Waals surface area contributed by atoms with Crippen molar-refractivity contribution < 1.29 is 14.3 Å². The first-order valence-electron chi connectivity index (χ1n) is 9.00. The van der Waals surface area contributed by atoms with Gasteiger partial charge in [0.25, 0.3) is 0 Å². The molecule has 0 saturated heterocycles. The number of nitrogens with one attached hydrogen (secondary N) is 2. The molecule has 1 aromatic heterocycles. The second kappa shape index (κ2) is 9.75. The van der Waals surface area contributed by atoms with Crippen molar-refractivity contribution in [1.82, 2.24) is 15.1 Å². The van der Waals surface area contributed by atoms with Crippen LogP contribution in [-0.4, -0.2) is 21.8 Å². The van der Waals surface area contributed by atoms with E-state index in [2.05, 4.69) is 15.7 Å². The summed E-state index contributed by atoms with van der Waals surface area (Å²) in [6.07, 6.45) is 1.49. The molecule has 29 heavy (non-hydrogen) atoms. The molecule has 0 aliphatic carbocycles. The molecule has 150 valence electrons. The molecule has 0 saturated carbocycles. The van der Waals surface area contributed by atoms with Gasteiger partial charge in [0, 0.05) is 30.5 Å². The molecule has 2 amide bonds. The highest BCUT2D eigenvalue weighted by molar-refractivity contribution is 6.30. The molecular formula is C21H21ClN4O3. The van der Waals surface area contributed by atoms with Gasteiger partial charge in [0.1, 0.15) is 6.61 Å². The van der Waals surface area contributed by atoms with E-state index >= 15 is 0 Å². The normalized spacial score (nSPS) is 10.4. The minimum atomic E-state index is -0.545. The summed E-state index contributed by atoms with van der Waals surface area (Å²) in [6.45, 7) is 0.552. The summed E-state index contributed by atoms with van der Waals surface area (Å²) >= 11 is 5.82. The number of amides is 2. The number of halogens is 1. The van der Waals surface area contributed by atoms with Crippen molar-refractivity contribution >= 4 is 29.3 Å². The third-order valence-corrected chi connectivity index (χ3v) is 4.34. The van der Waals surface area contributed by atoms with Gasteiger partial charge in [-0.1, -0.05) is 35.9 Å². The van der Waals surface area contributed by atoms with Gasteiger partial charge in [-0.25, -0.2) is 4.79 Å². The predicted molar refractivity (Wildman–Crippen MR) is 110 cm³/mol. The van der Waals surface area contributed by atoms with Crippen molar-refractivity contribution in [2.24, 2.45) is 7.05 Å². The molecule has 0 fully saturated rings. The van der Waals surface area contributed by atoms with Crippen LogP contribution in [0.25, 0.3) is 0 Å². The van der Waals surface area contributed by atoms with Crippen molar-refractivity contribution in [2.75, 3.05) is 5.32 Å². The third kappa shape index (κ3) is 6.65. The Balaban J connectivity index is 1.41. The Morgan fingerprint density at radius 3 is 2.38 bits per heavy atom. The van der Waals surface area contributed by atoms with Crippen LogP contribution in [0.15, 0.2) is 60.8 Å². The maximum absolute atomic E-state index is 12.0. The van der Waals surface area contributed by atoms with Gasteiger partial charge in [-0.2, -0.15) is 5.10 Å². The Morgan fingerprint density at radius 2 is 1.72 bits per heavy atom. The number of ether oxygens (including phenoxy) is 1. The van der Waals surface area contributed by atoms with E-state index < -0.39 is 6.09 Å². The molecule has 0 aliphatic heterocycles. The van der Waals surface area contributed by atoms with E-state index in [1.165, 1.54) is 0 Å². The van der Waals surface area contributed by atoms with Gasteiger partial charge >= 0.3 is 6.09 Å². The van der Waals surface area contributed by atoms with Crippen molar-refractivity contribution in [3.8, 4) is 0 Å². The van der Waals surface area contributed by atoms with Crippen molar-refractivity contribution in [3.63, 3.8) is 0 Å². The number of carbonyl (C=O) groups is 2. The van der Waals surface area contributed by atoms with Crippen LogP contribution in [0.4, 0.5) is 10.5 Å². The van der Waals surface area contributed by atoms with Gasteiger partial charge < -0.3 is 10.1 Å². The first-order chi connectivity index (χ1) is 14.0. The minimum absolute atomic E-state index is 0.100. The summed E-state index contributed by atoms with van der Waals surface area (Å²) in [7, 11) is 1.81. The van der Waals surface area contributed by atoms with Gasteiger partial charge in [0.2, 0.25) is 5.91 Å². The summed E-state index contributed by atoms with van der Waals surface area (Å²) in [5.74, 6) is -0.100. The van der Waals surface area contributed by atoms with Crippen LogP contribution < -0.4 is 10.6 Å². The van der Waals surface area contributed by atoms with Gasteiger partial charge in [0.05, 0.1) is 12.1 Å². The lowest BCUT2D eigenvalue weighted by Gasteiger charge is -2.09. The van der Waals surface area contributed by atoms with Gasteiger partial charge in [-0.3, -0.25) is 14.8 Å². The molecule has 3 aromatic rings. The lowest BCUT2D eigenvalue weighted by molar-refractivity contribution is -0.120. The fourth-order valence-corrected chi connectivity index (χ4v) is 2.70. The molecule has 0 unspecified atom stereocenters. The van der Waals surface area contributed by atoms with E-state index in [1.807, 2.05) is 25.2 Å². The second-order valence-electron chi connectivity index (χ2n) is 6.46. The zero-order valence-corrected chi connectivity index (χ0v) is 16.6. The average Bonchev–Trinajstić information content (AvgIpc) is 3.11. The number of hydrogen-bond acceptors (Lipinski definition) is 4. The Bertz CT molecular complexity index is 968. The molecule has 0 radical (unpaired) electrons. The molecule has 0 bridgehead atoms. The first-order valence-corrected chi connectivity index (χ1v) is 9.38. The minimum Gasteiger partial charge on any atom is -0.444 e. The number of nitrogens with zero attached hydrogens (tertiary/aromatic N) is 2. The summed E-state index contributed by atoms with van der Waals surface area (Å²) in [5, 5.41) is 10.3. The largest absolute Gasteiger partial charge is 0.444 e. The summed E-state index contributed by atoms with van der Waals surface area (Å²) < 4.78 is 6.84. The molecule has 0 spiro atoms. The van der Waals surface area contributed by atoms with Crippen LogP contribution in [0.1, 0.15) is 16.8 Å². The maximum atomic E-state index is 12.0. The maximum Gasteiger partial charge on any atom is 0.411 e. The summed E-state index contributed by atoms with van der Waals surface area (Å²) in [6, 6.07) is 16.1. The molecule has 3 rings (SSSR count). The monoisotopic (exact) mass is 412 g/mol. The van der Waals surface area contributed by atoms with Gasteiger partial charge in [-0.05, 0) is 41.5 Å². The van der Waals surface area contributed by atoms with E-state index in [-0.39, 0.29) is 18.9 Å². The molecule has 1 heterocycles. The quantitative estimate of drug-likeness (QED) is 0.619. The Morgan fingerprint density at radius 1 is 1.03 bits per heavy atom. The van der Waals surface area contributed by atoms with Crippen molar-refractivity contribution in [2.45, 2.75) is 19.6 Å². The highest BCUT2D eigenvalue weighted by Gasteiger charge is 2.07. The lowest BCUT2D eigenvalue weighted by atomic mass is 10.2. The van der Waals surface area contributed by atoms with Crippen LogP contribution in [0.2, 0.25) is 5.02 Å². The second-order valence-corrected chi connectivity index (χ2v) is 6.90. The standard InChI is InChI=1S/C21H21ClN4O3/c1-26-11-10-19(25-26)12-20(27)23-13-15-4-8-18(9-5-15)24-21(28)29-14-16-2-6-17(22)7-3-16/h2-11H,12-14H2,1H3,(H,23,27)(H,24,28). The molecule has 0 atom stereocenters. The Hall–Kier alpha value is -3.32. The molecule has 2 N–H and O–H groups in total. The van der Waals surface area contributed by atoms with Crippen LogP contribution in [0.3, 0.4) is 0 Å². The van der Waals surface area contributed by atoms with Crippen LogP contribution in [-0.2, 0) is 36.2 Å². The molecule has 7 nitrogen and oxygen atoms in total. The number of aryl methyl sites for hydroxylation is 1. The SMILES string of the molecule is Cn1ccc(CC(=O)NCc2ccc(NC(=O)OCc3ccc(Cl)cc3)cc2)n1. The number of anilines is 1. The number of benzene rings is 2. The smallest absolute Gasteiger partial charge is 0.411 e. The highest BCUT2D eigenvalue weighted by atomic mass is 35.5. The van der Waals surface area contributed by atoms with Crippen LogP contribution >= 0.6 is 11.6 Å². The topological polar surface area (TPSA) is 85.2 Å². The van der Waals surface area contributed by atoms with E-state index in [1.54, 1.807) is 47.3 Å². The molecular weight excluding hydrogens is 392 g/mol. The summed E-state index contributed by atoms with van der Waals surface area (Å²) in [5.41, 5.74) is 3.09. The zero-order valence-electron chi connectivity index (χ0n) is 15.9. The van der Waals surface area contributed by atoms with Crippen LogP contribution in [0.5, 0.6) is 0 Å². The molecule has 2 aromatic carbocycles. The number of carbonyl (C=O) groups excluding carboxylic acids is 2. The van der Waals surface area contributed by atoms with E-state index in [9.17, 15) is 9.59 Å². The fourth-order valence-electron chi connectivity index (χ4n) is 2.57. The molecule has 0 aliphatic rings. The Labute approximate surface area is 173 Å². The fraction of sp³-hybridized carbons (Fsp3) is 0.190.